The van der Waals surface area contributed by atoms with Gasteiger partial charge in [0.05, 0.1) is 5.88 Å². The molecule has 3 heteroatoms. The van der Waals surface area contributed by atoms with Crippen LogP contribution in [0.5, 0.6) is 0 Å². The zero-order chi connectivity index (χ0) is 10.5. The summed E-state index contributed by atoms with van der Waals surface area (Å²) in [5.74, 6) is 1.44. The van der Waals surface area contributed by atoms with Gasteiger partial charge in [-0.25, -0.2) is 0 Å². The second-order valence-corrected chi connectivity index (χ2v) is 5.45. The molecule has 2 nitrogen and oxygen atoms in total. The van der Waals surface area contributed by atoms with Gasteiger partial charge in [-0.15, -0.1) is 0 Å². The summed E-state index contributed by atoms with van der Waals surface area (Å²) in [4.78, 5) is 2.30. The van der Waals surface area contributed by atoms with Gasteiger partial charge in [-0.3, -0.25) is 9.11 Å². The van der Waals surface area contributed by atoms with E-state index < -0.39 is 10.8 Å². The minimum absolute atomic E-state index is 0.692. The third-order valence-electron chi connectivity index (χ3n) is 2.70. The molecule has 1 fully saturated rings. The van der Waals surface area contributed by atoms with Gasteiger partial charge in [-0.05, 0) is 31.5 Å². The fraction of sp³-hybridized carbons (Fsp3) is 0.500. The fourth-order valence-electron chi connectivity index (χ4n) is 1.92. The number of likely N-dealkylation sites (tertiary alicyclic amines) is 1. The molecule has 1 aromatic carbocycles. The normalized spacial score (nSPS) is 19.2. The van der Waals surface area contributed by atoms with Crippen molar-refractivity contribution in [3.8, 4) is 0 Å². The van der Waals surface area contributed by atoms with Gasteiger partial charge in [-0.2, -0.15) is 0 Å². The SMILES string of the molecule is O=S(Cc1ccccc1)CN1CCCC1. The third kappa shape index (κ3) is 3.43. The zero-order valence-corrected chi connectivity index (χ0v) is 9.71. The summed E-state index contributed by atoms with van der Waals surface area (Å²) < 4.78 is 11.8. The van der Waals surface area contributed by atoms with E-state index in [1.165, 1.54) is 18.4 Å². The Morgan fingerprint density at radius 2 is 1.80 bits per heavy atom. The van der Waals surface area contributed by atoms with Crippen molar-refractivity contribution in [1.29, 1.82) is 0 Å². The van der Waals surface area contributed by atoms with E-state index in [1.807, 2.05) is 30.3 Å². The maximum atomic E-state index is 11.8. The van der Waals surface area contributed by atoms with E-state index in [9.17, 15) is 4.21 Å². The standard InChI is InChI=1S/C12H17NOS/c14-15(11-13-8-4-5-9-13)10-12-6-2-1-3-7-12/h1-3,6-7H,4-5,8-11H2. The molecule has 1 aliphatic heterocycles. The van der Waals surface area contributed by atoms with Crippen molar-refractivity contribution in [3.63, 3.8) is 0 Å². The molecule has 1 heterocycles. The zero-order valence-electron chi connectivity index (χ0n) is 8.89. The molecule has 0 aliphatic carbocycles. The van der Waals surface area contributed by atoms with Crippen molar-refractivity contribution in [3.05, 3.63) is 35.9 Å². The molecule has 0 saturated carbocycles. The van der Waals surface area contributed by atoms with Crippen molar-refractivity contribution in [2.45, 2.75) is 18.6 Å². The Morgan fingerprint density at radius 3 is 2.47 bits per heavy atom. The van der Waals surface area contributed by atoms with Crippen LogP contribution in [0.4, 0.5) is 0 Å². The predicted octanol–water partition coefficient (Wildman–Crippen LogP) is 1.99. The van der Waals surface area contributed by atoms with Gasteiger partial charge in [0.2, 0.25) is 0 Å². The van der Waals surface area contributed by atoms with Gasteiger partial charge in [0, 0.05) is 16.6 Å². The molecule has 2 rings (SSSR count). The summed E-state index contributed by atoms with van der Waals surface area (Å²) >= 11 is 0. The molecule has 82 valence electrons. The van der Waals surface area contributed by atoms with Crippen molar-refractivity contribution in [1.82, 2.24) is 4.90 Å². The highest BCUT2D eigenvalue weighted by atomic mass is 32.2. The second-order valence-electron chi connectivity index (χ2n) is 4.02. The molecule has 1 unspecified atom stereocenters. The van der Waals surface area contributed by atoms with Crippen LogP contribution in [-0.2, 0) is 16.6 Å². The molecule has 1 atom stereocenters. The number of rotatable bonds is 4. The van der Waals surface area contributed by atoms with Crippen molar-refractivity contribution < 1.29 is 4.21 Å². The Labute approximate surface area is 93.7 Å². The van der Waals surface area contributed by atoms with Gasteiger partial charge >= 0.3 is 0 Å². The molecule has 0 bridgehead atoms. The Hall–Kier alpha value is -0.670. The van der Waals surface area contributed by atoms with E-state index in [-0.39, 0.29) is 0 Å². The molecule has 1 aromatic rings. The van der Waals surface area contributed by atoms with Crippen LogP contribution in [0.15, 0.2) is 30.3 Å². The van der Waals surface area contributed by atoms with Gasteiger partial charge in [0.1, 0.15) is 0 Å². The van der Waals surface area contributed by atoms with Crippen LogP contribution in [0.25, 0.3) is 0 Å². The molecule has 1 aliphatic rings. The summed E-state index contributed by atoms with van der Waals surface area (Å²) in [5.41, 5.74) is 1.18. The Morgan fingerprint density at radius 1 is 1.13 bits per heavy atom. The first kappa shape index (κ1) is 10.8. The van der Waals surface area contributed by atoms with E-state index in [0.29, 0.717) is 5.75 Å². The highest BCUT2D eigenvalue weighted by Crippen LogP contribution is 2.10. The Kier molecular flexibility index (Phi) is 3.92. The lowest BCUT2D eigenvalue weighted by Gasteiger charge is -2.13. The van der Waals surface area contributed by atoms with Gasteiger partial charge in [0.15, 0.2) is 0 Å². The van der Waals surface area contributed by atoms with Crippen LogP contribution in [0.3, 0.4) is 0 Å². The van der Waals surface area contributed by atoms with Crippen LogP contribution >= 0.6 is 0 Å². The monoisotopic (exact) mass is 223 g/mol. The molecule has 15 heavy (non-hydrogen) atoms. The van der Waals surface area contributed by atoms with Gasteiger partial charge in [0.25, 0.3) is 0 Å². The minimum Gasteiger partial charge on any atom is -0.292 e. The largest absolute Gasteiger partial charge is 0.292 e. The lowest BCUT2D eigenvalue weighted by atomic mass is 10.2. The Bertz CT molecular complexity index is 320. The average Bonchev–Trinajstić information content (AvgIpc) is 2.71. The van der Waals surface area contributed by atoms with E-state index in [2.05, 4.69) is 4.90 Å². The number of hydrogen-bond acceptors (Lipinski definition) is 2. The topological polar surface area (TPSA) is 20.3 Å². The summed E-state index contributed by atoms with van der Waals surface area (Å²) in [5, 5.41) is 0. The first-order valence-electron chi connectivity index (χ1n) is 5.46. The summed E-state index contributed by atoms with van der Waals surface area (Å²) in [6.45, 7) is 2.25. The summed E-state index contributed by atoms with van der Waals surface area (Å²) in [7, 11) is -0.735. The van der Waals surface area contributed by atoms with Crippen LogP contribution in [0, 0.1) is 0 Å². The maximum Gasteiger partial charge on any atom is 0.0751 e. The van der Waals surface area contributed by atoms with Crippen LogP contribution in [0.1, 0.15) is 18.4 Å². The van der Waals surface area contributed by atoms with Crippen molar-refractivity contribution >= 4 is 10.8 Å². The fourth-order valence-corrected chi connectivity index (χ4v) is 3.24. The van der Waals surface area contributed by atoms with Crippen LogP contribution < -0.4 is 0 Å². The lowest BCUT2D eigenvalue weighted by molar-refractivity contribution is 0.395. The van der Waals surface area contributed by atoms with E-state index in [4.69, 9.17) is 0 Å². The second kappa shape index (κ2) is 5.42. The first-order valence-corrected chi connectivity index (χ1v) is 6.94. The summed E-state index contributed by atoms with van der Waals surface area (Å²) in [6.07, 6.45) is 2.53. The minimum atomic E-state index is -0.735. The van der Waals surface area contributed by atoms with Crippen LogP contribution in [0.2, 0.25) is 0 Å². The van der Waals surface area contributed by atoms with Crippen molar-refractivity contribution in [2.75, 3.05) is 19.0 Å². The number of benzene rings is 1. The highest BCUT2D eigenvalue weighted by molar-refractivity contribution is 7.84. The average molecular weight is 223 g/mol. The first-order chi connectivity index (χ1) is 7.34. The predicted molar refractivity (Wildman–Crippen MR) is 64.0 cm³/mol. The molecule has 0 aromatic heterocycles. The molecule has 0 N–H and O–H groups in total. The lowest BCUT2D eigenvalue weighted by Crippen LogP contribution is -2.24. The molecule has 1 saturated heterocycles. The van der Waals surface area contributed by atoms with Gasteiger partial charge in [-0.1, -0.05) is 30.3 Å². The third-order valence-corrected chi connectivity index (χ3v) is 4.00. The van der Waals surface area contributed by atoms with E-state index in [1.54, 1.807) is 0 Å². The molecule has 0 spiro atoms. The molecule has 0 amide bonds. The highest BCUT2D eigenvalue weighted by Gasteiger charge is 2.14. The molecule has 0 radical (unpaired) electrons. The van der Waals surface area contributed by atoms with Gasteiger partial charge < -0.3 is 0 Å². The van der Waals surface area contributed by atoms with E-state index >= 15 is 0 Å². The summed E-state index contributed by atoms with van der Waals surface area (Å²) in [6, 6.07) is 10.1. The van der Waals surface area contributed by atoms with Crippen molar-refractivity contribution in [2.24, 2.45) is 0 Å². The quantitative estimate of drug-likeness (QED) is 0.778. The van der Waals surface area contributed by atoms with E-state index in [0.717, 1.165) is 19.0 Å². The Balaban J connectivity index is 1.82. The number of hydrogen-bond donors (Lipinski definition) is 0. The molecular weight excluding hydrogens is 206 g/mol. The number of nitrogens with zero attached hydrogens (tertiary/aromatic N) is 1. The maximum absolute atomic E-state index is 11.8. The molecular formula is C12H17NOS. The smallest absolute Gasteiger partial charge is 0.0751 e. The van der Waals surface area contributed by atoms with Crippen LogP contribution in [-0.4, -0.2) is 28.1 Å².